The van der Waals surface area contributed by atoms with Crippen LogP contribution >= 0.6 is 22.7 Å². The van der Waals surface area contributed by atoms with Gasteiger partial charge in [-0.15, -0.1) is 22.7 Å². The molecule has 0 fully saturated rings. The predicted octanol–water partition coefficient (Wildman–Crippen LogP) is 16.7. The van der Waals surface area contributed by atoms with E-state index in [0.29, 0.717) is 0 Å². The Labute approximate surface area is 407 Å². The van der Waals surface area contributed by atoms with Crippen LogP contribution in [0.3, 0.4) is 0 Å². The Morgan fingerprint density at radius 3 is 1.72 bits per heavy atom. The van der Waals surface area contributed by atoms with Gasteiger partial charge in [-0.05, 0) is 159 Å². The van der Waals surface area contributed by atoms with E-state index in [4.69, 9.17) is 0 Å². The van der Waals surface area contributed by atoms with Crippen LogP contribution in [-0.2, 0) is 16.2 Å². The Balaban J connectivity index is 1.28. The van der Waals surface area contributed by atoms with E-state index in [1.54, 1.807) is 0 Å². The number of nitrogens with zero attached hydrogens (tertiary/aromatic N) is 2. The maximum Gasteiger partial charge on any atom is 0.264 e. The summed E-state index contributed by atoms with van der Waals surface area (Å²) in [4.78, 5) is 6.66. The molecule has 5 heteroatoms. The lowest BCUT2D eigenvalue weighted by atomic mass is 9.36. The lowest BCUT2D eigenvalue weighted by Crippen LogP contribution is -2.60. The minimum absolute atomic E-state index is 0.00167. The van der Waals surface area contributed by atoms with Crippen molar-refractivity contribution in [2.75, 3.05) is 9.80 Å². The summed E-state index contributed by atoms with van der Waals surface area (Å²) in [6.07, 6.45) is 0. The van der Waals surface area contributed by atoms with Crippen molar-refractivity contribution in [1.29, 1.82) is 0 Å². The third kappa shape index (κ3) is 7.10. The van der Waals surface area contributed by atoms with Gasteiger partial charge in [0.25, 0.3) is 6.71 Å². The zero-order valence-corrected chi connectivity index (χ0v) is 43.1. The fraction of sp³-hybridized carbons (Fsp3) is 0.258. The van der Waals surface area contributed by atoms with E-state index in [1.807, 2.05) is 22.7 Å². The van der Waals surface area contributed by atoms with E-state index in [-0.39, 0.29) is 23.0 Å². The molecule has 4 heterocycles. The van der Waals surface area contributed by atoms with Crippen LogP contribution in [0, 0.1) is 27.7 Å². The second-order valence-electron chi connectivity index (χ2n) is 22.5. The summed E-state index contributed by atoms with van der Waals surface area (Å²) < 4.78 is 4.06. The first kappa shape index (κ1) is 43.7. The van der Waals surface area contributed by atoms with E-state index in [0.717, 1.165) is 0 Å². The number of aryl methyl sites for hydroxylation is 4. The molecule has 0 saturated heterocycles. The zero-order chi connectivity index (χ0) is 47.1. The highest BCUT2D eigenvalue weighted by Gasteiger charge is 2.47. The normalized spacial score (nSPS) is 13.7. The molecule has 0 amide bonds. The van der Waals surface area contributed by atoms with Gasteiger partial charge in [-0.25, -0.2) is 0 Å². The van der Waals surface area contributed by atoms with Crippen molar-refractivity contribution in [1.82, 2.24) is 0 Å². The molecular formula is C62H61BN2S2. The molecule has 334 valence electrons. The van der Waals surface area contributed by atoms with E-state index in [1.165, 1.54) is 131 Å². The largest absolute Gasteiger partial charge is 0.311 e. The van der Waals surface area contributed by atoms with Crippen LogP contribution in [0.15, 0.2) is 133 Å². The molecule has 0 bridgehead atoms. The van der Waals surface area contributed by atoms with Crippen LogP contribution in [0.2, 0.25) is 0 Å². The molecule has 2 aliphatic heterocycles. The van der Waals surface area contributed by atoms with Crippen LogP contribution in [0.4, 0.5) is 34.1 Å². The van der Waals surface area contributed by atoms with Gasteiger partial charge in [0.15, 0.2) is 0 Å². The first-order valence-electron chi connectivity index (χ1n) is 24.0. The standard InChI is InChI=1S/C62H61BN2S2/c1-36-27-50-55-51(28-36)65(56-37(2)29-44(30-38(56)3)61(8,9)10)58-47-34-43(60(5,6)7)24-26-53(47)67-59(58)63(55)48-32-42(54-33-41-21-17-18-22-52(41)66-54)23-25-49(48)64(50)57-39(4)31-45(62(11,12)13)35-46(57)40-19-15-14-16-20-40/h14-35H,1-13H3. The number of rotatable bonds is 4. The Bertz CT molecular complexity index is 3420. The van der Waals surface area contributed by atoms with Gasteiger partial charge in [-0.2, -0.15) is 0 Å². The van der Waals surface area contributed by atoms with Crippen molar-refractivity contribution >= 4 is 99.4 Å². The van der Waals surface area contributed by atoms with Crippen molar-refractivity contribution in [2.45, 2.75) is 106 Å². The first-order chi connectivity index (χ1) is 31.8. The number of fused-ring (bicyclic) bond motifs is 7. The molecule has 9 aromatic rings. The fourth-order valence-corrected chi connectivity index (χ4v) is 13.3. The summed E-state index contributed by atoms with van der Waals surface area (Å²) >= 11 is 3.89. The summed E-state index contributed by atoms with van der Waals surface area (Å²) in [5.41, 5.74) is 23.3. The Hall–Kier alpha value is -5.88. The average Bonchev–Trinajstić information content (AvgIpc) is 3.88. The summed E-state index contributed by atoms with van der Waals surface area (Å²) in [5, 5.41) is 2.63. The van der Waals surface area contributed by atoms with Crippen LogP contribution in [0.1, 0.15) is 101 Å². The summed E-state index contributed by atoms with van der Waals surface area (Å²) in [5.74, 6) is 0. The molecule has 7 aromatic carbocycles. The van der Waals surface area contributed by atoms with E-state index in [2.05, 4.69) is 233 Å². The van der Waals surface area contributed by atoms with Crippen molar-refractivity contribution in [3.63, 3.8) is 0 Å². The SMILES string of the molecule is Cc1cc2c3c(c1)N(c1c(C)cc(C(C)(C)C)cc1C)c1c(sc4ccc(C(C)(C)C)cc14)B3c1cc(-c3cc4ccccc4s3)ccc1N2c1c(C)cc(C(C)(C)C)cc1-c1ccccc1. The van der Waals surface area contributed by atoms with E-state index in [9.17, 15) is 0 Å². The summed E-state index contributed by atoms with van der Waals surface area (Å²) in [7, 11) is 0. The number of hydrogen-bond acceptors (Lipinski definition) is 4. The number of anilines is 6. The van der Waals surface area contributed by atoms with Crippen molar-refractivity contribution < 1.29 is 0 Å². The fourth-order valence-electron chi connectivity index (χ4n) is 10.9. The molecule has 0 radical (unpaired) electrons. The highest BCUT2D eigenvalue weighted by molar-refractivity contribution is 7.33. The van der Waals surface area contributed by atoms with Gasteiger partial charge in [0, 0.05) is 47.1 Å². The lowest BCUT2D eigenvalue weighted by molar-refractivity contribution is 0.589. The summed E-state index contributed by atoms with van der Waals surface area (Å²) in [6, 6.07) is 51.8. The Morgan fingerprint density at radius 2 is 1.06 bits per heavy atom. The van der Waals surface area contributed by atoms with Crippen LogP contribution in [0.25, 0.3) is 41.7 Å². The second-order valence-corrected chi connectivity index (χ2v) is 24.7. The molecule has 2 aliphatic rings. The van der Waals surface area contributed by atoms with Crippen molar-refractivity contribution in [2.24, 2.45) is 0 Å². The van der Waals surface area contributed by atoms with E-state index < -0.39 is 0 Å². The maximum absolute atomic E-state index is 2.70. The van der Waals surface area contributed by atoms with Gasteiger partial charge in [-0.3, -0.25) is 0 Å². The first-order valence-corrected chi connectivity index (χ1v) is 25.7. The van der Waals surface area contributed by atoms with Gasteiger partial charge in [0.1, 0.15) is 0 Å². The average molecular weight is 909 g/mol. The minimum Gasteiger partial charge on any atom is -0.311 e. The molecule has 0 saturated carbocycles. The highest BCUT2D eigenvalue weighted by Crippen LogP contribution is 2.53. The third-order valence-electron chi connectivity index (χ3n) is 14.4. The number of hydrogen-bond donors (Lipinski definition) is 0. The quantitative estimate of drug-likeness (QED) is 0.162. The van der Waals surface area contributed by atoms with Gasteiger partial charge < -0.3 is 9.80 Å². The van der Waals surface area contributed by atoms with Crippen molar-refractivity contribution in [3.05, 3.63) is 172 Å². The lowest BCUT2D eigenvalue weighted by Gasteiger charge is -2.45. The number of benzene rings is 7. The molecule has 11 rings (SSSR count). The second kappa shape index (κ2) is 15.3. The number of thiophene rings is 2. The third-order valence-corrected chi connectivity index (χ3v) is 16.8. The van der Waals surface area contributed by atoms with Crippen LogP contribution < -0.4 is 25.5 Å². The molecule has 0 atom stereocenters. The molecule has 0 N–H and O–H groups in total. The van der Waals surface area contributed by atoms with Gasteiger partial charge in [-0.1, -0.05) is 147 Å². The van der Waals surface area contributed by atoms with Crippen molar-refractivity contribution in [3.8, 4) is 21.6 Å². The van der Waals surface area contributed by atoms with Gasteiger partial charge >= 0.3 is 0 Å². The predicted molar refractivity (Wildman–Crippen MR) is 297 cm³/mol. The zero-order valence-electron chi connectivity index (χ0n) is 41.5. The molecular weight excluding hydrogens is 848 g/mol. The smallest absolute Gasteiger partial charge is 0.264 e. The van der Waals surface area contributed by atoms with Crippen LogP contribution in [0.5, 0.6) is 0 Å². The molecule has 0 unspecified atom stereocenters. The maximum atomic E-state index is 2.70. The molecule has 67 heavy (non-hydrogen) atoms. The molecule has 0 aliphatic carbocycles. The monoisotopic (exact) mass is 908 g/mol. The highest BCUT2D eigenvalue weighted by atomic mass is 32.1. The van der Waals surface area contributed by atoms with Gasteiger partial charge in [0.2, 0.25) is 0 Å². The van der Waals surface area contributed by atoms with E-state index >= 15 is 0 Å². The Morgan fingerprint density at radius 1 is 0.448 bits per heavy atom. The van der Waals surface area contributed by atoms with Gasteiger partial charge in [0.05, 0.1) is 17.1 Å². The van der Waals surface area contributed by atoms with Crippen LogP contribution in [-0.4, -0.2) is 6.71 Å². The molecule has 0 spiro atoms. The topological polar surface area (TPSA) is 6.48 Å². The molecule has 2 aromatic heterocycles. The minimum atomic E-state index is -0.0252. The molecule has 2 nitrogen and oxygen atoms in total. The Kier molecular flexibility index (Phi) is 9.99. The summed E-state index contributed by atoms with van der Waals surface area (Å²) in [6.45, 7) is 30.4.